The number of nitrogen functional groups attached to an aromatic ring is 1. The van der Waals surface area contributed by atoms with Gasteiger partial charge in [-0.15, -0.1) is 0 Å². The number of aromatic nitrogens is 5. The van der Waals surface area contributed by atoms with Gasteiger partial charge in [-0.2, -0.15) is 0 Å². The lowest BCUT2D eigenvalue weighted by Gasteiger charge is -2.12. The summed E-state index contributed by atoms with van der Waals surface area (Å²) in [6.07, 6.45) is 7.18. The Labute approximate surface area is 160 Å². The standard InChI is InChI=1S/C21H16N6O/c22-19-16-11-17(24-12-18(16)25-13-26-19)15-3-1-2-14(10-15)4-5-21(28)6-8-27-9-7-23-20(21)27/h1-3,7,9-13,28H,6,8H2,(H2,22,25,26)/t21-/m0/s1. The summed E-state index contributed by atoms with van der Waals surface area (Å²) in [5, 5.41) is 11.6. The van der Waals surface area contributed by atoms with E-state index in [1.165, 1.54) is 6.33 Å². The summed E-state index contributed by atoms with van der Waals surface area (Å²) in [6.45, 7) is 0.713. The molecule has 136 valence electrons. The predicted molar refractivity (Wildman–Crippen MR) is 105 cm³/mol. The highest BCUT2D eigenvalue weighted by molar-refractivity contribution is 5.89. The van der Waals surface area contributed by atoms with Crippen LogP contribution in [-0.2, 0) is 12.1 Å². The fourth-order valence-corrected chi connectivity index (χ4v) is 3.44. The molecule has 7 nitrogen and oxygen atoms in total. The zero-order valence-corrected chi connectivity index (χ0v) is 14.9. The number of hydrogen-bond donors (Lipinski definition) is 2. The number of aryl methyl sites for hydroxylation is 1. The first-order valence-electron chi connectivity index (χ1n) is 8.86. The van der Waals surface area contributed by atoms with Crippen LogP contribution < -0.4 is 5.73 Å². The Kier molecular flexibility index (Phi) is 3.60. The fraction of sp³-hybridized carbons (Fsp3) is 0.143. The van der Waals surface area contributed by atoms with Gasteiger partial charge in [0.2, 0.25) is 0 Å². The number of nitrogens with two attached hydrogens (primary N) is 1. The molecule has 3 aromatic heterocycles. The third-order valence-electron chi connectivity index (χ3n) is 4.92. The van der Waals surface area contributed by atoms with Crippen LogP contribution in [-0.4, -0.2) is 29.6 Å². The van der Waals surface area contributed by atoms with Crippen molar-refractivity contribution in [2.75, 3.05) is 5.73 Å². The maximum absolute atomic E-state index is 10.8. The molecule has 1 aliphatic rings. The molecule has 0 radical (unpaired) electrons. The Bertz CT molecular complexity index is 1270. The van der Waals surface area contributed by atoms with E-state index in [9.17, 15) is 5.11 Å². The third kappa shape index (κ3) is 2.68. The molecule has 0 fully saturated rings. The van der Waals surface area contributed by atoms with E-state index in [2.05, 4.69) is 31.8 Å². The molecular weight excluding hydrogens is 352 g/mol. The highest BCUT2D eigenvalue weighted by atomic mass is 16.3. The number of rotatable bonds is 1. The minimum absolute atomic E-state index is 0.420. The molecule has 0 amide bonds. The van der Waals surface area contributed by atoms with Crippen molar-refractivity contribution in [3.05, 3.63) is 66.6 Å². The van der Waals surface area contributed by atoms with Gasteiger partial charge in [-0.1, -0.05) is 24.0 Å². The van der Waals surface area contributed by atoms with Crippen molar-refractivity contribution in [3.63, 3.8) is 0 Å². The maximum atomic E-state index is 10.8. The average Bonchev–Trinajstić information content (AvgIpc) is 3.32. The molecule has 7 heteroatoms. The summed E-state index contributed by atoms with van der Waals surface area (Å²) in [4.78, 5) is 16.9. The van der Waals surface area contributed by atoms with Crippen LogP contribution >= 0.6 is 0 Å². The summed E-state index contributed by atoms with van der Waals surface area (Å²) in [5.74, 6) is 7.10. The number of nitrogens with zero attached hydrogens (tertiary/aromatic N) is 5. The lowest BCUT2D eigenvalue weighted by molar-refractivity contribution is 0.0980. The van der Waals surface area contributed by atoms with Crippen molar-refractivity contribution >= 4 is 16.7 Å². The van der Waals surface area contributed by atoms with E-state index in [1.54, 1.807) is 12.4 Å². The molecule has 0 saturated carbocycles. The fourth-order valence-electron chi connectivity index (χ4n) is 3.44. The molecule has 5 rings (SSSR count). The molecule has 0 spiro atoms. The predicted octanol–water partition coefficient (Wildman–Crippen LogP) is 2.11. The van der Waals surface area contributed by atoms with E-state index in [-0.39, 0.29) is 0 Å². The number of fused-ring (bicyclic) bond motifs is 2. The van der Waals surface area contributed by atoms with Gasteiger partial charge >= 0.3 is 0 Å². The Morgan fingerprint density at radius 1 is 1.14 bits per heavy atom. The smallest absolute Gasteiger partial charge is 0.185 e. The average molecular weight is 368 g/mol. The third-order valence-corrected chi connectivity index (χ3v) is 4.92. The summed E-state index contributed by atoms with van der Waals surface area (Å²) < 4.78 is 1.93. The van der Waals surface area contributed by atoms with Crippen LogP contribution in [0.3, 0.4) is 0 Å². The number of hydrogen-bond acceptors (Lipinski definition) is 6. The molecule has 4 aromatic rings. The Hall–Kier alpha value is -3.76. The molecule has 3 N–H and O–H groups in total. The number of pyridine rings is 1. The second kappa shape index (κ2) is 6.15. The minimum Gasteiger partial charge on any atom is -0.383 e. The molecule has 1 aliphatic heterocycles. The van der Waals surface area contributed by atoms with Gasteiger partial charge in [0.1, 0.15) is 12.1 Å². The molecule has 4 heterocycles. The highest BCUT2D eigenvalue weighted by Crippen LogP contribution is 2.30. The lowest BCUT2D eigenvalue weighted by Crippen LogP contribution is -2.20. The van der Waals surface area contributed by atoms with Crippen molar-refractivity contribution in [2.45, 2.75) is 18.6 Å². The highest BCUT2D eigenvalue weighted by Gasteiger charge is 2.36. The first-order chi connectivity index (χ1) is 13.6. The molecule has 1 atom stereocenters. The van der Waals surface area contributed by atoms with E-state index in [1.807, 2.05) is 41.1 Å². The lowest BCUT2D eigenvalue weighted by atomic mass is 10.0. The van der Waals surface area contributed by atoms with Crippen LogP contribution in [0, 0.1) is 11.8 Å². The van der Waals surface area contributed by atoms with Gasteiger partial charge in [0.25, 0.3) is 0 Å². The molecule has 0 aliphatic carbocycles. The number of aliphatic hydroxyl groups is 1. The zero-order valence-electron chi connectivity index (χ0n) is 14.9. The topological polar surface area (TPSA) is 103 Å². The summed E-state index contributed by atoms with van der Waals surface area (Å²) in [7, 11) is 0. The largest absolute Gasteiger partial charge is 0.383 e. The van der Waals surface area contributed by atoms with Crippen LogP contribution in [0.4, 0.5) is 5.82 Å². The molecule has 0 bridgehead atoms. The molecule has 1 aromatic carbocycles. The first kappa shape index (κ1) is 16.4. The maximum Gasteiger partial charge on any atom is 0.185 e. The molecule has 28 heavy (non-hydrogen) atoms. The molecule has 0 unspecified atom stereocenters. The van der Waals surface area contributed by atoms with Gasteiger partial charge in [-0.3, -0.25) is 4.98 Å². The Balaban J connectivity index is 1.51. The normalized spacial score (nSPS) is 17.9. The second-order valence-electron chi connectivity index (χ2n) is 6.73. The Morgan fingerprint density at radius 2 is 2.07 bits per heavy atom. The number of anilines is 1. The number of benzene rings is 1. The molecule has 0 saturated heterocycles. The SMILES string of the molecule is Nc1ncnc2cnc(-c3cccc(C#C[C@]4(O)CCn5ccnc54)c3)cc12. The van der Waals surface area contributed by atoms with Crippen molar-refractivity contribution in [1.29, 1.82) is 0 Å². The van der Waals surface area contributed by atoms with Crippen LogP contribution in [0.5, 0.6) is 0 Å². The van der Waals surface area contributed by atoms with Crippen LogP contribution in [0.15, 0.2) is 55.2 Å². The van der Waals surface area contributed by atoms with Gasteiger partial charge in [0.05, 0.1) is 17.4 Å². The van der Waals surface area contributed by atoms with E-state index in [0.29, 0.717) is 30.1 Å². The summed E-state index contributed by atoms with van der Waals surface area (Å²) in [5.41, 5.74) is 7.89. The van der Waals surface area contributed by atoms with E-state index >= 15 is 0 Å². The zero-order chi connectivity index (χ0) is 19.1. The van der Waals surface area contributed by atoms with E-state index in [0.717, 1.165) is 22.2 Å². The van der Waals surface area contributed by atoms with Gasteiger partial charge < -0.3 is 15.4 Å². The Morgan fingerprint density at radius 3 is 3.00 bits per heavy atom. The van der Waals surface area contributed by atoms with E-state index < -0.39 is 5.60 Å². The quantitative estimate of drug-likeness (QED) is 0.499. The van der Waals surface area contributed by atoms with Crippen molar-refractivity contribution < 1.29 is 5.11 Å². The van der Waals surface area contributed by atoms with Crippen LogP contribution in [0.1, 0.15) is 17.8 Å². The van der Waals surface area contributed by atoms with Crippen molar-refractivity contribution in [2.24, 2.45) is 0 Å². The number of imidazole rings is 1. The van der Waals surface area contributed by atoms with Gasteiger partial charge in [0, 0.05) is 41.9 Å². The van der Waals surface area contributed by atoms with Crippen LogP contribution in [0.2, 0.25) is 0 Å². The summed E-state index contributed by atoms with van der Waals surface area (Å²) >= 11 is 0. The van der Waals surface area contributed by atoms with E-state index in [4.69, 9.17) is 5.73 Å². The van der Waals surface area contributed by atoms with Crippen LogP contribution in [0.25, 0.3) is 22.2 Å². The summed E-state index contributed by atoms with van der Waals surface area (Å²) in [6, 6.07) is 9.58. The monoisotopic (exact) mass is 368 g/mol. The van der Waals surface area contributed by atoms with Crippen molar-refractivity contribution in [1.82, 2.24) is 24.5 Å². The first-order valence-corrected chi connectivity index (χ1v) is 8.86. The van der Waals surface area contributed by atoms with Gasteiger partial charge in [0.15, 0.2) is 11.4 Å². The second-order valence-corrected chi connectivity index (χ2v) is 6.73. The van der Waals surface area contributed by atoms with Gasteiger partial charge in [-0.25, -0.2) is 15.0 Å². The van der Waals surface area contributed by atoms with Crippen molar-refractivity contribution in [3.8, 4) is 23.1 Å². The molecular formula is C21H16N6O. The minimum atomic E-state index is -1.22. The van der Waals surface area contributed by atoms with Gasteiger partial charge in [-0.05, 0) is 18.2 Å².